The molecule has 0 aliphatic heterocycles. The molecule has 2 aromatic carbocycles. The maximum atomic E-state index is 13.1. The molecule has 1 unspecified atom stereocenters. The molecule has 29 heavy (non-hydrogen) atoms. The number of carbonyl (C=O) groups excluding carboxylic acids is 2. The predicted molar refractivity (Wildman–Crippen MR) is 114 cm³/mol. The molecular weight excluding hydrogens is 369 g/mol. The molecule has 0 saturated carbocycles. The largest absolute Gasteiger partial charge is 0.340 e. The Bertz CT molecular complexity index is 817. The number of nitrogens with zero attached hydrogens (tertiary/aromatic N) is 1. The Morgan fingerprint density at radius 3 is 2.28 bits per heavy atom. The first kappa shape index (κ1) is 22.6. The Balaban J connectivity index is 2.07. The zero-order valence-corrected chi connectivity index (χ0v) is 17.5. The van der Waals surface area contributed by atoms with Crippen molar-refractivity contribution in [2.75, 3.05) is 18.4 Å². The third kappa shape index (κ3) is 6.68. The van der Waals surface area contributed by atoms with Crippen LogP contribution >= 0.6 is 0 Å². The monoisotopic (exact) mass is 399 g/mol. The van der Waals surface area contributed by atoms with E-state index in [0.717, 1.165) is 25.2 Å². The fourth-order valence-electron chi connectivity index (χ4n) is 3.03. The van der Waals surface area contributed by atoms with Crippen molar-refractivity contribution in [1.82, 2.24) is 10.2 Å². The van der Waals surface area contributed by atoms with Crippen molar-refractivity contribution in [2.24, 2.45) is 5.92 Å². The van der Waals surface area contributed by atoms with Crippen LogP contribution in [0.15, 0.2) is 48.5 Å². The fourth-order valence-corrected chi connectivity index (χ4v) is 3.03. The molecule has 156 valence electrons. The summed E-state index contributed by atoms with van der Waals surface area (Å²) < 4.78 is 13.1. The van der Waals surface area contributed by atoms with Gasteiger partial charge in [-0.25, -0.2) is 4.39 Å². The summed E-state index contributed by atoms with van der Waals surface area (Å²) in [5.41, 5.74) is 2.12. The molecule has 0 heterocycles. The van der Waals surface area contributed by atoms with Crippen LogP contribution in [0.1, 0.15) is 43.6 Å². The molecule has 0 fully saturated rings. The van der Waals surface area contributed by atoms with Crippen molar-refractivity contribution in [3.8, 4) is 0 Å². The van der Waals surface area contributed by atoms with Crippen molar-refractivity contribution in [1.29, 1.82) is 0 Å². The van der Waals surface area contributed by atoms with Gasteiger partial charge in [0.15, 0.2) is 0 Å². The van der Waals surface area contributed by atoms with Gasteiger partial charge in [-0.2, -0.15) is 0 Å². The lowest BCUT2D eigenvalue weighted by Gasteiger charge is -2.22. The number of anilines is 1. The standard InChI is InChI=1S/C23H30FN3O2/c1-5-27(6-2)15-17-8-7-9-20(14-17)25-23(29)21(16(3)4)26-22(28)18-10-12-19(24)13-11-18/h7-14,16,21H,5-6,15H2,1-4H3,(H,25,29)(H,26,28). The first-order valence-corrected chi connectivity index (χ1v) is 10.0. The van der Waals surface area contributed by atoms with Crippen LogP contribution in [-0.2, 0) is 11.3 Å². The van der Waals surface area contributed by atoms with Crippen LogP contribution < -0.4 is 10.6 Å². The van der Waals surface area contributed by atoms with Crippen LogP contribution in [0, 0.1) is 11.7 Å². The third-order valence-electron chi connectivity index (χ3n) is 4.84. The molecule has 0 saturated heterocycles. The summed E-state index contributed by atoms with van der Waals surface area (Å²) in [5.74, 6) is -1.22. The van der Waals surface area contributed by atoms with E-state index in [4.69, 9.17) is 0 Å². The van der Waals surface area contributed by atoms with Gasteiger partial charge in [0.2, 0.25) is 5.91 Å². The molecule has 6 heteroatoms. The highest BCUT2D eigenvalue weighted by molar-refractivity contribution is 6.01. The Kier molecular flexibility index (Phi) is 8.34. The number of rotatable bonds is 9. The Morgan fingerprint density at radius 2 is 1.69 bits per heavy atom. The van der Waals surface area contributed by atoms with E-state index in [0.29, 0.717) is 11.3 Å². The molecule has 0 aliphatic rings. The maximum absolute atomic E-state index is 13.1. The average Bonchev–Trinajstić information content (AvgIpc) is 2.70. The van der Waals surface area contributed by atoms with E-state index in [-0.39, 0.29) is 11.8 Å². The lowest BCUT2D eigenvalue weighted by atomic mass is 10.0. The number of hydrogen-bond donors (Lipinski definition) is 2. The summed E-state index contributed by atoms with van der Waals surface area (Å²) in [6.07, 6.45) is 0. The number of carbonyl (C=O) groups is 2. The second-order valence-electron chi connectivity index (χ2n) is 7.35. The molecule has 2 N–H and O–H groups in total. The van der Waals surface area contributed by atoms with E-state index >= 15 is 0 Å². The summed E-state index contributed by atoms with van der Waals surface area (Å²) in [6, 6.07) is 12.3. The van der Waals surface area contributed by atoms with Crippen molar-refractivity contribution in [3.63, 3.8) is 0 Å². The molecule has 2 aromatic rings. The normalized spacial score (nSPS) is 12.1. The minimum Gasteiger partial charge on any atom is -0.340 e. The molecule has 0 bridgehead atoms. The van der Waals surface area contributed by atoms with E-state index in [1.165, 1.54) is 24.3 Å². The minimum absolute atomic E-state index is 0.113. The van der Waals surface area contributed by atoms with Crippen molar-refractivity contribution in [2.45, 2.75) is 40.3 Å². The maximum Gasteiger partial charge on any atom is 0.251 e. The SMILES string of the molecule is CCN(CC)Cc1cccc(NC(=O)C(NC(=O)c2ccc(F)cc2)C(C)C)c1. The van der Waals surface area contributed by atoms with Gasteiger partial charge in [0.05, 0.1) is 0 Å². The Labute approximate surface area is 172 Å². The summed E-state index contributed by atoms with van der Waals surface area (Å²) in [7, 11) is 0. The Hall–Kier alpha value is -2.73. The zero-order valence-electron chi connectivity index (χ0n) is 17.5. The molecule has 2 rings (SSSR count). The van der Waals surface area contributed by atoms with E-state index in [2.05, 4.69) is 29.4 Å². The summed E-state index contributed by atoms with van der Waals surface area (Å²) in [6.45, 7) is 10.7. The molecule has 5 nitrogen and oxygen atoms in total. The molecular formula is C23H30FN3O2. The van der Waals surface area contributed by atoms with Crippen LogP contribution in [0.5, 0.6) is 0 Å². The van der Waals surface area contributed by atoms with Crippen LogP contribution in [0.4, 0.5) is 10.1 Å². The number of amides is 2. The van der Waals surface area contributed by atoms with Gasteiger partial charge in [0, 0.05) is 17.8 Å². The topological polar surface area (TPSA) is 61.4 Å². The average molecular weight is 400 g/mol. The Morgan fingerprint density at radius 1 is 1.03 bits per heavy atom. The molecule has 0 spiro atoms. The highest BCUT2D eigenvalue weighted by atomic mass is 19.1. The van der Waals surface area contributed by atoms with E-state index in [9.17, 15) is 14.0 Å². The first-order chi connectivity index (χ1) is 13.8. The molecule has 0 aliphatic carbocycles. The first-order valence-electron chi connectivity index (χ1n) is 10.0. The van der Waals surface area contributed by atoms with Gasteiger partial charge in [0.25, 0.3) is 5.91 Å². The van der Waals surface area contributed by atoms with E-state index in [1.54, 1.807) is 0 Å². The number of nitrogens with one attached hydrogen (secondary N) is 2. The molecule has 0 aromatic heterocycles. The smallest absolute Gasteiger partial charge is 0.251 e. The molecule has 2 amide bonds. The third-order valence-corrected chi connectivity index (χ3v) is 4.84. The van der Waals surface area contributed by atoms with Crippen LogP contribution in [0.2, 0.25) is 0 Å². The van der Waals surface area contributed by atoms with Crippen molar-refractivity contribution < 1.29 is 14.0 Å². The van der Waals surface area contributed by atoms with Gasteiger partial charge in [-0.3, -0.25) is 14.5 Å². The minimum atomic E-state index is -0.709. The number of halogens is 1. The summed E-state index contributed by atoms with van der Waals surface area (Å²) in [5, 5.41) is 5.66. The van der Waals surface area contributed by atoms with Crippen molar-refractivity contribution >= 4 is 17.5 Å². The zero-order chi connectivity index (χ0) is 21.4. The van der Waals surface area contributed by atoms with Crippen LogP contribution in [0.25, 0.3) is 0 Å². The summed E-state index contributed by atoms with van der Waals surface area (Å²) in [4.78, 5) is 27.6. The van der Waals surface area contributed by atoms with Crippen LogP contribution in [0.3, 0.4) is 0 Å². The van der Waals surface area contributed by atoms with Crippen molar-refractivity contribution in [3.05, 3.63) is 65.5 Å². The lowest BCUT2D eigenvalue weighted by Crippen LogP contribution is -2.47. The fraction of sp³-hybridized carbons (Fsp3) is 0.391. The van der Waals surface area contributed by atoms with Gasteiger partial charge in [0.1, 0.15) is 11.9 Å². The number of hydrogen-bond acceptors (Lipinski definition) is 3. The van der Waals surface area contributed by atoms with E-state index < -0.39 is 17.8 Å². The quantitative estimate of drug-likeness (QED) is 0.668. The second kappa shape index (κ2) is 10.7. The predicted octanol–water partition coefficient (Wildman–Crippen LogP) is 4.06. The van der Waals surface area contributed by atoms with Gasteiger partial charge in [-0.05, 0) is 61.0 Å². The number of benzene rings is 2. The second-order valence-corrected chi connectivity index (χ2v) is 7.35. The van der Waals surface area contributed by atoms with Gasteiger partial charge in [-0.15, -0.1) is 0 Å². The lowest BCUT2D eigenvalue weighted by molar-refractivity contribution is -0.118. The highest BCUT2D eigenvalue weighted by Crippen LogP contribution is 2.15. The molecule has 0 radical (unpaired) electrons. The summed E-state index contributed by atoms with van der Waals surface area (Å²) >= 11 is 0. The van der Waals surface area contributed by atoms with E-state index in [1.807, 2.05) is 38.1 Å². The van der Waals surface area contributed by atoms with Gasteiger partial charge >= 0.3 is 0 Å². The highest BCUT2D eigenvalue weighted by Gasteiger charge is 2.25. The molecule has 1 atom stereocenters. The van der Waals surface area contributed by atoms with Gasteiger partial charge in [-0.1, -0.05) is 39.8 Å². The van der Waals surface area contributed by atoms with Gasteiger partial charge < -0.3 is 10.6 Å². The van der Waals surface area contributed by atoms with Crippen LogP contribution in [-0.4, -0.2) is 35.8 Å².